The lowest BCUT2D eigenvalue weighted by atomic mass is 10.2. The predicted octanol–water partition coefficient (Wildman–Crippen LogP) is 1.30. The maximum atomic E-state index is 10.9. The van der Waals surface area contributed by atoms with Gasteiger partial charge in [0.05, 0.1) is 12.3 Å². The van der Waals surface area contributed by atoms with E-state index >= 15 is 0 Å². The van der Waals surface area contributed by atoms with Crippen LogP contribution >= 0.6 is 0 Å². The first-order chi connectivity index (χ1) is 6.74. The first-order valence-corrected chi connectivity index (χ1v) is 4.34. The average molecular weight is 189 g/mol. The minimum Gasteiger partial charge on any atom is -0.456 e. The van der Waals surface area contributed by atoms with Crippen molar-refractivity contribution in [2.45, 2.75) is 13.8 Å². The van der Waals surface area contributed by atoms with E-state index in [1.54, 1.807) is 19.2 Å². The van der Waals surface area contributed by atoms with E-state index < -0.39 is 5.97 Å². The second-order valence-corrected chi connectivity index (χ2v) is 2.61. The number of nitrogens with zero attached hydrogens (tertiary/aromatic N) is 1. The monoisotopic (exact) mass is 189 g/mol. The first-order valence-electron chi connectivity index (χ1n) is 4.34. The number of aromatic nitrogens is 1. The van der Waals surface area contributed by atoms with Crippen LogP contribution in [0.5, 0.6) is 0 Å². The summed E-state index contributed by atoms with van der Waals surface area (Å²) < 4.78 is 4.67. The molecular weight excluding hydrogens is 178 g/mol. The van der Waals surface area contributed by atoms with E-state index in [4.69, 9.17) is 0 Å². The molecule has 72 valence electrons. The van der Waals surface area contributed by atoms with Gasteiger partial charge in [0.2, 0.25) is 0 Å². The van der Waals surface area contributed by atoms with Crippen LogP contribution in [0.2, 0.25) is 0 Å². The Morgan fingerprint density at radius 2 is 2.43 bits per heavy atom. The Balaban J connectivity index is 2.77. The van der Waals surface area contributed by atoms with Gasteiger partial charge in [-0.05, 0) is 26.0 Å². The normalized spacial score (nSPS) is 8.71. The second-order valence-electron chi connectivity index (χ2n) is 2.61. The Bertz CT molecular complexity index is 388. The number of carbonyl (C=O) groups excluding carboxylic acids is 1. The van der Waals surface area contributed by atoms with Gasteiger partial charge in [0.1, 0.15) is 0 Å². The Hall–Kier alpha value is -1.82. The van der Waals surface area contributed by atoms with Crippen molar-refractivity contribution < 1.29 is 9.53 Å². The molecule has 0 aromatic carbocycles. The van der Waals surface area contributed by atoms with Crippen molar-refractivity contribution in [1.29, 1.82) is 0 Å². The van der Waals surface area contributed by atoms with E-state index in [0.29, 0.717) is 6.61 Å². The zero-order valence-corrected chi connectivity index (χ0v) is 8.20. The number of ether oxygens (including phenoxy) is 1. The average Bonchev–Trinajstić information content (AvgIpc) is 2.17. The summed E-state index contributed by atoms with van der Waals surface area (Å²) in [6, 6.07) is 3.59. The second kappa shape index (κ2) is 5.03. The van der Waals surface area contributed by atoms with Crippen LogP contribution in [-0.2, 0) is 9.53 Å². The Kier molecular flexibility index (Phi) is 3.69. The summed E-state index contributed by atoms with van der Waals surface area (Å²) >= 11 is 0. The molecule has 0 aliphatic rings. The van der Waals surface area contributed by atoms with Gasteiger partial charge in [0.25, 0.3) is 0 Å². The highest BCUT2D eigenvalue weighted by atomic mass is 16.5. The van der Waals surface area contributed by atoms with Crippen LogP contribution in [0.15, 0.2) is 18.3 Å². The van der Waals surface area contributed by atoms with Gasteiger partial charge in [-0.15, -0.1) is 0 Å². The van der Waals surface area contributed by atoms with Crippen LogP contribution in [0.25, 0.3) is 0 Å². The van der Waals surface area contributed by atoms with Gasteiger partial charge < -0.3 is 4.74 Å². The molecule has 0 atom stereocenters. The fourth-order valence-electron chi connectivity index (χ4n) is 0.902. The molecule has 0 aliphatic heterocycles. The van der Waals surface area contributed by atoms with E-state index in [-0.39, 0.29) is 0 Å². The van der Waals surface area contributed by atoms with E-state index in [0.717, 1.165) is 11.3 Å². The molecule has 3 heteroatoms. The molecule has 1 aromatic heterocycles. The molecule has 0 fully saturated rings. The lowest BCUT2D eigenvalue weighted by Gasteiger charge is -1.94. The fraction of sp³-hybridized carbons (Fsp3) is 0.273. The van der Waals surface area contributed by atoms with Crippen molar-refractivity contribution in [3.05, 3.63) is 29.6 Å². The summed E-state index contributed by atoms with van der Waals surface area (Å²) in [4.78, 5) is 15.0. The molecule has 0 saturated heterocycles. The third kappa shape index (κ3) is 2.91. The van der Waals surface area contributed by atoms with Crippen molar-refractivity contribution in [3.63, 3.8) is 0 Å². The van der Waals surface area contributed by atoms with Gasteiger partial charge in [-0.2, -0.15) is 0 Å². The zero-order valence-electron chi connectivity index (χ0n) is 8.20. The smallest absolute Gasteiger partial charge is 0.384 e. The number of hydrogen-bond donors (Lipinski definition) is 0. The summed E-state index contributed by atoms with van der Waals surface area (Å²) in [5.74, 6) is 4.60. The van der Waals surface area contributed by atoms with Crippen LogP contribution in [-0.4, -0.2) is 17.6 Å². The molecule has 1 heterocycles. The highest BCUT2D eigenvalue weighted by Crippen LogP contribution is 2.00. The number of carbonyl (C=O) groups is 1. The van der Waals surface area contributed by atoms with Crippen molar-refractivity contribution in [3.8, 4) is 11.8 Å². The molecular formula is C11H11NO2. The molecule has 0 unspecified atom stereocenters. The minimum atomic E-state index is -0.504. The predicted molar refractivity (Wildman–Crippen MR) is 52.5 cm³/mol. The SMILES string of the molecule is CCOC(=O)C#Cc1cccnc1C. The highest BCUT2D eigenvalue weighted by molar-refractivity contribution is 5.89. The highest BCUT2D eigenvalue weighted by Gasteiger charge is 1.95. The van der Waals surface area contributed by atoms with Gasteiger partial charge in [-0.1, -0.05) is 5.92 Å². The number of pyridine rings is 1. The quantitative estimate of drug-likeness (QED) is 0.494. The van der Waals surface area contributed by atoms with Gasteiger partial charge in [0.15, 0.2) is 0 Å². The minimum absolute atomic E-state index is 0.347. The van der Waals surface area contributed by atoms with Gasteiger partial charge >= 0.3 is 5.97 Å². The summed E-state index contributed by atoms with van der Waals surface area (Å²) in [5, 5.41) is 0. The number of aryl methyl sites for hydroxylation is 1. The molecule has 0 saturated carbocycles. The summed E-state index contributed by atoms with van der Waals surface area (Å²) in [6.45, 7) is 3.93. The van der Waals surface area contributed by atoms with E-state index in [2.05, 4.69) is 21.6 Å². The van der Waals surface area contributed by atoms with Crippen LogP contribution in [0.3, 0.4) is 0 Å². The number of rotatable bonds is 1. The van der Waals surface area contributed by atoms with Gasteiger partial charge in [-0.3, -0.25) is 4.98 Å². The Morgan fingerprint density at radius 3 is 3.07 bits per heavy atom. The van der Waals surface area contributed by atoms with E-state index in [1.165, 1.54) is 0 Å². The molecule has 0 bridgehead atoms. The van der Waals surface area contributed by atoms with Crippen molar-refractivity contribution in [2.75, 3.05) is 6.61 Å². The van der Waals surface area contributed by atoms with Crippen LogP contribution < -0.4 is 0 Å². The molecule has 0 radical (unpaired) electrons. The summed E-state index contributed by atoms with van der Waals surface area (Å²) in [7, 11) is 0. The van der Waals surface area contributed by atoms with E-state index in [1.807, 2.05) is 13.0 Å². The first kappa shape index (κ1) is 10.3. The van der Waals surface area contributed by atoms with Crippen LogP contribution in [0, 0.1) is 18.8 Å². The molecule has 0 N–H and O–H groups in total. The number of esters is 1. The van der Waals surface area contributed by atoms with Gasteiger partial charge in [0, 0.05) is 17.7 Å². The zero-order chi connectivity index (χ0) is 10.4. The van der Waals surface area contributed by atoms with Crippen molar-refractivity contribution in [2.24, 2.45) is 0 Å². The lowest BCUT2D eigenvalue weighted by Crippen LogP contribution is -1.99. The maximum absolute atomic E-state index is 10.9. The molecule has 1 aromatic rings. The number of hydrogen-bond acceptors (Lipinski definition) is 3. The third-order valence-corrected chi connectivity index (χ3v) is 1.58. The van der Waals surface area contributed by atoms with Gasteiger partial charge in [-0.25, -0.2) is 4.79 Å². The Morgan fingerprint density at radius 1 is 1.64 bits per heavy atom. The standard InChI is InChI=1S/C11H11NO2/c1-3-14-11(13)7-6-10-5-4-8-12-9(10)2/h4-5,8H,3H2,1-2H3. The molecule has 14 heavy (non-hydrogen) atoms. The van der Waals surface area contributed by atoms with Crippen molar-refractivity contribution >= 4 is 5.97 Å². The molecule has 0 aliphatic carbocycles. The maximum Gasteiger partial charge on any atom is 0.384 e. The molecule has 0 amide bonds. The van der Waals surface area contributed by atoms with Crippen molar-refractivity contribution in [1.82, 2.24) is 4.98 Å². The largest absolute Gasteiger partial charge is 0.456 e. The molecule has 3 nitrogen and oxygen atoms in total. The third-order valence-electron chi connectivity index (χ3n) is 1.58. The Labute approximate surface area is 83.1 Å². The fourth-order valence-corrected chi connectivity index (χ4v) is 0.902. The molecule has 1 rings (SSSR count). The van der Waals surface area contributed by atoms with Crippen LogP contribution in [0.1, 0.15) is 18.2 Å². The summed E-state index contributed by atoms with van der Waals surface area (Å²) in [5.41, 5.74) is 1.56. The van der Waals surface area contributed by atoms with Crippen LogP contribution in [0.4, 0.5) is 0 Å². The van der Waals surface area contributed by atoms with E-state index in [9.17, 15) is 4.79 Å². The molecule has 0 spiro atoms. The lowest BCUT2D eigenvalue weighted by molar-refractivity contribution is -0.136. The summed E-state index contributed by atoms with van der Waals surface area (Å²) in [6.07, 6.45) is 1.69. The topological polar surface area (TPSA) is 39.2 Å².